The molecule has 3 aromatic rings. The molecule has 1 aromatic heterocycles. The number of hydrogen-bond acceptors (Lipinski definition) is 5. The van der Waals surface area contributed by atoms with E-state index in [1.165, 1.54) is 23.5 Å². The lowest BCUT2D eigenvalue weighted by atomic mass is 9.91. The number of nitrogens with two attached hydrogens (primary N) is 1. The molecule has 0 radical (unpaired) electrons. The highest BCUT2D eigenvalue weighted by molar-refractivity contribution is 7.10. The molecule has 1 atom stereocenters. The minimum Gasteiger partial charge on any atom is -0.349 e. The van der Waals surface area contributed by atoms with Crippen LogP contribution in [0.25, 0.3) is 0 Å². The minimum absolute atomic E-state index is 0.000349. The molecule has 192 valence electrons. The molecule has 2 aliphatic rings. The van der Waals surface area contributed by atoms with Crippen LogP contribution < -0.4 is 21.3 Å². The number of benzene rings is 2. The Kier molecular flexibility index (Phi) is 7.34. The van der Waals surface area contributed by atoms with Crippen LogP contribution in [0, 0.1) is 5.82 Å². The van der Waals surface area contributed by atoms with E-state index in [4.69, 9.17) is 5.73 Å². The van der Waals surface area contributed by atoms with Gasteiger partial charge in [-0.2, -0.15) is 0 Å². The highest BCUT2D eigenvalue weighted by Gasteiger charge is 2.34. The number of carbonyl (C=O) groups excluding carboxylic acids is 3. The molecule has 5 rings (SSSR count). The van der Waals surface area contributed by atoms with Gasteiger partial charge < -0.3 is 21.3 Å². The van der Waals surface area contributed by atoms with Gasteiger partial charge in [-0.25, -0.2) is 4.39 Å². The Morgan fingerprint density at radius 1 is 1.08 bits per heavy atom. The monoisotopic (exact) mass is 520 g/mol. The summed E-state index contributed by atoms with van der Waals surface area (Å²) >= 11 is 1.48. The molecule has 9 heteroatoms. The third-order valence-corrected chi connectivity index (χ3v) is 7.90. The maximum absolute atomic E-state index is 13.7. The maximum atomic E-state index is 13.7. The van der Waals surface area contributed by atoms with Crippen LogP contribution in [-0.4, -0.2) is 29.8 Å². The second kappa shape index (κ2) is 10.8. The van der Waals surface area contributed by atoms with E-state index < -0.39 is 11.9 Å². The molecule has 3 amide bonds. The summed E-state index contributed by atoms with van der Waals surface area (Å²) in [7, 11) is 0. The van der Waals surface area contributed by atoms with Crippen LogP contribution >= 0.6 is 11.3 Å². The van der Waals surface area contributed by atoms with E-state index in [-0.39, 0.29) is 42.6 Å². The van der Waals surface area contributed by atoms with Crippen LogP contribution in [0.3, 0.4) is 0 Å². The first-order valence-corrected chi connectivity index (χ1v) is 13.4. The summed E-state index contributed by atoms with van der Waals surface area (Å²) in [6.07, 6.45) is 3.57. The molecular weight excluding hydrogens is 491 g/mol. The summed E-state index contributed by atoms with van der Waals surface area (Å²) in [6, 6.07) is 14.2. The van der Waals surface area contributed by atoms with Gasteiger partial charge in [-0.05, 0) is 73.0 Å². The van der Waals surface area contributed by atoms with E-state index in [1.54, 1.807) is 35.2 Å². The molecule has 1 fully saturated rings. The van der Waals surface area contributed by atoms with Crippen molar-refractivity contribution in [2.24, 2.45) is 5.73 Å². The van der Waals surface area contributed by atoms with E-state index in [1.807, 2.05) is 17.5 Å². The average Bonchev–Trinajstić information content (AvgIpc) is 3.34. The Morgan fingerprint density at radius 2 is 1.84 bits per heavy atom. The molecule has 1 aliphatic heterocycles. The minimum atomic E-state index is -0.625. The van der Waals surface area contributed by atoms with E-state index in [2.05, 4.69) is 10.6 Å². The number of hydrogen-bond donors (Lipinski definition) is 3. The second-order valence-corrected chi connectivity index (χ2v) is 10.7. The molecule has 1 unspecified atom stereocenters. The first kappa shape index (κ1) is 25.1. The Labute approximate surface area is 218 Å². The Hall–Kier alpha value is -3.56. The van der Waals surface area contributed by atoms with Gasteiger partial charge in [0.05, 0.1) is 30.3 Å². The molecule has 2 aromatic carbocycles. The van der Waals surface area contributed by atoms with Gasteiger partial charge in [0.15, 0.2) is 0 Å². The molecule has 7 nitrogen and oxygen atoms in total. The molecule has 0 bridgehead atoms. The van der Waals surface area contributed by atoms with Gasteiger partial charge in [0.1, 0.15) is 5.82 Å². The highest BCUT2D eigenvalue weighted by Crippen LogP contribution is 2.39. The number of fused-ring (bicyclic) bond motifs is 1. The zero-order chi connectivity index (χ0) is 25.9. The largest absolute Gasteiger partial charge is 0.349 e. The predicted molar refractivity (Wildman–Crippen MR) is 142 cm³/mol. The number of amides is 3. The number of thiophene rings is 1. The number of rotatable bonds is 5. The standard InChI is InChI=1S/C28H29FN4O3S/c29-19-6-3-17(4-7-19)25-16-26(34)32-23-14-18(28(36)31-21-10-8-20(30)9-11-21)5-12-24(23)33(25)27(35)15-22-2-1-13-37-22/h1-7,12-14,20-21,25H,8-11,15-16,30H2,(H,31,36)(H,32,34). The van der Waals surface area contributed by atoms with Crippen molar-refractivity contribution in [3.05, 3.63) is 81.8 Å². The van der Waals surface area contributed by atoms with Gasteiger partial charge in [-0.3, -0.25) is 14.4 Å². The Morgan fingerprint density at radius 3 is 2.54 bits per heavy atom. The van der Waals surface area contributed by atoms with Gasteiger partial charge in [-0.15, -0.1) is 11.3 Å². The van der Waals surface area contributed by atoms with Gasteiger partial charge in [0.2, 0.25) is 11.8 Å². The number of anilines is 2. The quantitative estimate of drug-likeness (QED) is 0.459. The molecule has 37 heavy (non-hydrogen) atoms. The lowest BCUT2D eigenvalue weighted by Gasteiger charge is -2.31. The van der Waals surface area contributed by atoms with Gasteiger partial charge in [0.25, 0.3) is 5.91 Å². The molecule has 4 N–H and O–H groups in total. The molecule has 2 heterocycles. The fourth-order valence-electron chi connectivity index (χ4n) is 5.06. The van der Waals surface area contributed by atoms with E-state index in [9.17, 15) is 18.8 Å². The van der Waals surface area contributed by atoms with Crippen LogP contribution in [0.4, 0.5) is 15.8 Å². The number of carbonyl (C=O) groups is 3. The zero-order valence-electron chi connectivity index (χ0n) is 20.3. The summed E-state index contributed by atoms with van der Waals surface area (Å²) < 4.78 is 13.7. The summed E-state index contributed by atoms with van der Waals surface area (Å²) in [4.78, 5) is 42.2. The van der Waals surface area contributed by atoms with Crippen LogP contribution in [0.15, 0.2) is 60.0 Å². The fraction of sp³-hybridized carbons (Fsp3) is 0.321. The fourth-order valence-corrected chi connectivity index (χ4v) is 5.76. The van der Waals surface area contributed by atoms with Crippen molar-refractivity contribution in [1.29, 1.82) is 0 Å². The predicted octanol–water partition coefficient (Wildman–Crippen LogP) is 4.55. The van der Waals surface area contributed by atoms with E-state index >= 15 is 0 Å². The first-order valence-electron chi connectivity index (χ1n) is 12.5. The van der Waals surface area contributed by atoms with Crippen molar-refractivity contribution in [3.63, 3.8) is 0 Å². The van der Waals surface area contributed by atoms with Crippen LogP contribution in [0.1, 0.15) is 58.9 Å². The lowest BCUT2D eigenvalue weighted by Crippen LogP contribution is -2.40. The van der Waals surface area contributed by atoms with Crippen molar-refractivity contribution < 1.29 is 18.8 Å². The van der Waals surface area contributed by atoms with Crippen LogP contribution in [0.5, 0.6) is 0 Å². The lowest BCUT2D eigenvalue weighted by molar-refractivity contribution is -0.119. The van der Waals surface area contributed by atoms with Crippen LogP contribution in [-0.2, 0) is 16.0 Å². The topological polar surface area (TPSA) is 105 Å². The maximum Gasteiger partial charge on any atom is 0.251 e. The molecule has 1 aliphatic carbocycles. The molecular formula is C28H29FN4O3S. The Balaban J connectivity index is 1.48. The zero-order valence-corrected chi connectivity index (χ0v) is 21.1. The summed E-state index contributed by atoms with van der Waals surface area (Å²) in [6.45, 7) is 0. The van der Waals surface area contributed by atoms with Gasteiger partial charge in [-0.1, -0.05) is 18.2 Å². The third kappa shape index (κ3) is 5.73. The number of nitrogens with zero attached hydrogens (tertiary/aromatic N) is 1. The smallest absolute Gasteiger partial charge is 0.251 e. The second-order valence-electron chi connectivity index (χ2n) is 9.66. The summed E-state index contributed by atoms with van der Waals surface area (Å²) in [5.41, 5.74) is 7.93. The van der Waals surface area contributed by atoms with Crippen molar-refractivity contribution >= 4 is 40.4 Å². The molecule has 0 saturated heterocycles. The van der Waals surface area contributed by atoms with Gasteiger partial charge >= 0.3 is 0 Å². The van der Waals surface area contributed by atoms with Gasteiger partial charge in [0, 0.05) is 22.5 Å². The number of nitrogens with one attached hydrogen (secondary N) is 2. The normalized spacial score (nSPS) is 21.5. The van der Waals surface area contributed by atoms with E-state index in [0.717, 1.165) is 30.6 Å². The molecule has 0 spiro atoms. The summed E-state index contributed by atoms with van der Waals surface area (Å²) in [5, 5.41) is 7.86. The first-order chi connectivity index (χ1) is 17.9. The van der Waals surface area contributed by atoms with Crippen molar-refractivity contribution in [3.8, 4) is 0 Å². The number of halogens is 1. The SMILES string of the molecule is NC1CCC(NC(=O)c2ccc3c(c2)NC(=O)CC(c2ccc(F)cc2)N3C(=O)Cc2cccs2)CC1. The van der Waals surface area contributed by atoms with Crippen molar-refractivity contribution in [2.45, 2.75) is 56.7 Å². The highest BCUT2D eigenvalue weighted by atomic mass is 32.1. The van der Waals surface area contributed by atoms with Crippen LogP contribution in [0.2, 0.25) is 0 Å². The Bertz CT molecular complexity index is 1290. The average molecular weight is 521 g/mol. The third-order valence-electron chi connectivity index (χ3n) is 7.02. The van der Waals surface area contributed by atoms with Crippen molar-refractivity contribution in [1.82, 2.24) is 5.32 Å². The molecule has 1 saturated carbocycles. The summed E-state index contributed by atoms with van der Waals surface area (Å²) in [5.74, 6) is -1.10. The van der Waals surface area contributed by atoms with E-state index in [0.29, 0.717) is 22.5 Å². The van der Waals surface area contributed by atoms with Crippen molar-refractivity contribution in [2.75, 3.05) is 10.2 Å².